The van der Waals surface area contributed by atoms with E-state index in [-0.39, 0.29) is 11.8 Å². The number of carbonyl (C=O) groups excluding carboxylic acids is 2. The van der Waals surface area contributed by atoms with Crippen molar-refractivity contribution < 1.29 is 14.0 Å². The Kier molecular flexibility index (Phi) is 5.89. The fraction of sp³-hybridized carbons (Fsp3) is 0.294. The largest absolute Gasteiger partial charge is 0.465 e. The molecule has 1 N–H and O–H groups in total. The maximum atomic E-state index is 12.6. The molecule has 0 unspecified atom stereocenters. The normalized spacial score (nSPS) is 17.1. The number of thioether (sulfide) groups is 1. The third-order valence-electron chi connectivity index (χ3n) is 3.86. The summed E-state index contributed by atoms with van der Waals surface area (Å²) in [6.45, 7) is 2.95. The number of amides is 2. The number of furan rings is 1. The number of nitrogens with zero attached hydrogens (tertiary/aromatic N) is 3. The molecule has 7 nitrogen and oxygen atoms in total. The van der Waals surface area contributed by atoms with Crippen LogP contribution in [0.2, 0.25) is 0 Å². The number of hydrogen-bond acceptors (Lipinski definition) is 6. The quantitative estimate of drug-likeness (QED) is 0.444. The molecule has 3 rings (SSSR count). The zero-order chi connectivity index (χ0) is 18.5. The molecular formula is C17H18N4O3S2. The molecule has 0 saturated carbocycles. The first-order chi connectivity index (χ1) is 12.6. The minimum atomic E-state index is -0.668. The Morgan fingerprint density at radius 1 is 1.54 bits per heavy atom. The van der Waals surface area contributed by atoms with Gasteiger partial charge in [0.05, 0.1) is 17.5 Å². The number of carbonyl (C=O) groups is 2. The van der Waals surface area contributed by atoms with E-state index in [1.54, 1.807) is 37.7 Å². The molecule has 1 aliphatic rings. The third kappa shape index (κ3) is 4.23. The van der Waals surface area contributed by atoms with Crippen LogP contribution in [0.15, 0.2) is 46.4 Å². The van der Waals surface area contributed by atoms with Gasteiger partial charge in [0.25, 0.3) is 5.91 Å². The second-order valence-electron chi connectivity index (χ2n) is 5.69. The zero-order valence-electron chi connectivity index (χ0n) is 14.1. The van der Waals surface area contributed by atoms with Gasteiger partial charge in [-0.05, 0) is 25.5 Å². The van der Waals surface area contributed by atoms with Crippen molar-refractivity contribution >= 4 is 46.2 Å². The summed E-state index contributed by atoms with van der Waals surface area (Å²) >= 11 is 6.45. The molecular weight excluding hydrogens is 372 g/mol. The summed E-state index contributed by atoms with van der Waals surface area (Å²) in [5.41, 5.74) is 0. The van der Waals surface area contributed by atoms with Gasteiger partial charge in [0.1, 0.15) is 16.1 Å². The van der Waals surface area contributed by atoms with Crippen LogP contribution < -0.4 is 5.32 Å². The van der Waals surface area contributed by atoms with Crippen LogP contribution in [0.25, 0.3) is 6.08 Å². The first kappa shape index (κ1) is 18.4. The zero-order valence-corrected chi connectivity index (χ0v) is 15.8. The van der Waals surface area contributed by atoms with Crippen molar-refractivity contribution in [3.8, 4) is 0 Å². The van der Waals surface area contributed by atoms with E-state index in [1.165, 1.54) is 22.9 Å². The van der Waals surface area contributed by atoms with E-state index >= 15 is 0 Å². The fourth-order valence-electron chi connectivity index (χ4n) is 2.47. The molecule has 9 heteroatoms. The van der Waals surface area contributed by atoms with Gasteiger partial charge >= 0.3 is 0 Å². The Labute approximate surface area is 160 Å². The summed E-state index contributed by atoms with van der Waals surface area (Å²) < 4.78 is 7.54. The van der Waals surface area contributed by atoms with Gasteiger partial charge in [-0.25, -0.2) is 4.98 Å². The van der Waals surface area contributed by atoms with Gasteiger partial charge in [-0.1, -0.05) is 24.0 Å². The highest BCUT2D eigenvalue weighted by Gasteiger charge is 2.38. The number of nitrogens with one attached hydrogen (secondary N) is 1. The van der Waals surface area contributed by atoms with E-state index in [1.807, 2.05) is 10.8 Å². The fourth-order valence-corrected chi connectivity index (χ4v) is 3.87. The average molecular weight is 390 g/mol. The highest BCUT2D eigenvalue weighted by molar-refractivity contribution is 8.26. The molecule has 26 heavy (non-hydrogen) atoms. The second kappa shape index (κ2) is 8.33. The summed E-state index contributed by atoms with van der Waals surface area (Å²) in [5.74, 6) is 0.0609. The standard InChI is InChI=1S/C17H18N4O3S2/c1-12(15(22)19-5-3-7-20-8-6-18-11-20)21-16(23)14(26-17(21)25)10-13-4-2-9-24-13/h2,4,6,8-12H,3,5,7H2,1H3,(H,19,22)/b14-10-/t12-/m0/s1. The van der Waals surface area contributed by atoms with Gasteiger partial charge in [-0.2, -0.15) is 0 Å². The average Bonchev–Trinajstić information content (AvgIpc) is 3.35. The number of aryl methyl sites for hydroxylation is 1. The number of imidazole rings is 1. The summed E-state index contributed by atoms with van der Waals surface area (Å²) in [7, 11) is 0. The molecule has 3 heterocycles. The molecule has 2 aromatic heterocycles. The molecule has 1 atom stereocenters. The van der Waals surface area contributed by atoms with Crippen molar-refractivity contribution in [2.24, 2.45) is 0 Å². The van der Waals surface area contributed by atoms with Gasteiger partial charge in [-0.15, -0.1) is 0 Å². The minimum absolute atomic E-state index is 0.230. The Hall–Kier alpha value is -2.39. The van der Waals surface area contributed by atoms with E-state index in [9.17, 15) is 9.59 Å². The number of aromatic nitrogens is 2. The molecule has 0 aromatic carbocycles. The minimum Gasteiger partial charge on any atom is -0.465 e. The predicted octanol–water partition coefficient (Wildman–Crippen LogP) is 2.27. The van der Waals surface area contributed by atoms with Crippen LogP contribution in [-0.4, -0.2) is 43.2 Å². The summed E-state index contributed by atoms with van der Waals surface area (Å²) in [6.07, 6.45) is 9.25. The monoisotopic (exact) mass is 390 g/mol. The predicted molar refractivity (Wildman–Crippen MR) is 103 cm³/mol. The van der Waals surface area contributed by atoms with Crippen molar-refractivity contribution in [2.75, 3.05) is 6.54 Å². The summed E-state index contributed by atoms with van der Waals surface area (Å²) in [4.78, 5) is 30.7. The molecule has 2 amide bonds. The van der Waals surface area contributed by atoms with Crippen LogP contribution in [-0.2, 0) is 16.1 Å². The van der Waals surface area contributed by atoms with E-state index < -0.39 is 6.04 Å². The molecule has 0 bridgehead atoms. The van der Waals surface area contributed by atoms with E-state index in [2.05, 4.69) is 10.3 Å². The first-order valence-corrected chi connectivity index (χ1v) is 9.33. The van der Waals surface area contributed by atoms with Gasteiger partial charge in [0.15, 0.2) is 0 Å². The molecule has 0 spiro atoms. The second-order valence-corrected chi connectivity index (χ2v) is 7.36. The Morgan fingerprint density at radius 2 is 2.38 bits per heavy atom. The molecule has 2 aromatic rings. The molecule has 1 aliphatic heterocycles. The Bertz CT molecular complexity index is 815. The smallest absolute Gasteiger partial charge is 0.267 e. The maximum absolute atomic E-state index is 12.6. The lowest BCUT2D eigenvalue weighted by Crippen LogP contribution is -2.47. The summed E-state index contributed by atoms with van der Waals surface area (Å²) in [6, 6.07) is 2.83. The van der Waals surface area contributed by atoms with Crippen molar-refractivity contribution in [1.82, 2.24) is 19.8 Å². The molecule has 136 valence electrons. The molecule has 1 fully saturated rings. The van der Waals surface area contributed by atoms with Gasteiger partial charge in [0, 0.05) is 31.6 Å². The molecule has 0 aliphatic carbocycles. The van der Waals surface area contributed by atoms with Crippen LogP contribution >= 0.6 is 24.0 Å². The SMILES string of the molecule is C[C@@H](C(=O)NCCCn1ccnc1)N1C(=O)/C(=C/c2ccco2)SC1=S. The van der Waals surface area contributed by atoms with E-state index in [4.69, 9.17) is 16.6 Å². The van der Waals surface area contributed by atoms with Crippen LogP contribution in [0.4, 0.5) is 0 Å². The highest BCUT2D eigenvalue weighted by atomic mass is 32.2. The lowest BCUT2D eigenvalue weighted by Gasteiger charge is -2.22. The van der Waals surface area contributed by atoms with Crippen molar-refractivity contribution in [1.29, 1.82) is 0 Å². The topological polar surface area (TPSA) is 80.4 Å². The van der Waals surface area contributed by atoms with Crippen LogP contribution in [0.3, 0.4) is 0 Å². The summed E-state index contributed by atoms with van der Waals surface area (Å²) in [5, 5.41) is 2.85. The number of rotatable bonds is 7. The van der Waals surface area contributed by atoms with E-state index in [0.717, 1.165) is 13.0 Å². The third-order valence-corrected chi connectivity index (χ3v) is 5.19. The van der Waals surface area contributed by atoms with Gasteiger partial charge < -0.3 is 14.3 Å². The van der Waals surface area contributed by atoms with Crippen molar-refractivity contribution in [3.63, 3.8) is 0 Å². The Balaban J connectivity index is 1.54. The molecule has 0 radical (unpaired) electrons. The molecule has 1 saturated heterocycles. The Morgan fingerprint density at radius 3 is 3.08 bits per heavy atom. The highest BCUT2D eigenvalue weighted by Crippen LogP contribution is 2.33. The van der Waals surface area contributed by atoms with Gasteiger partial charge in [-0.3, -0.25) is 14.5 Å². The van der Waals surface area contributed by atoms with Gasteiger partial charge in [0.2, 0.25) is 5.91 Å². The van der Waals surface area contributed by atoms with Crippen LogP contribution in [0.5, 0.6) is 0 Å². The first-order valence-electron chi connectivity index (χ1n) is 8.10. The lowest BCUT2D eigenvalue weighted by molar-refractivity contribution is -0.132. The lowest BCUT2D eigenvalue weighted by atomic mass is 10.2. The van der Waals surface area contributed by atoms with Crippen molar-refractivity contribution in [3.05, 3.63) is 47.8 Å². The number of hydrogen-bond donors (Lipinski definition) is 1. The maximum Gasteiger partial charge on any atom is 0.267 e. The van der Waals surface area contributed by atoms with E-state index in [0.29, 0.717) is 21.5 Å². The number of thiocarbonyl (C=S) groups is 1. The van der Waals surface area contributed by atoms with Crippen LogP contribution in [0, 0.1) is 0 Å². The van der Waals surface area contributed by atoms with Crippen LogP contribution in [0.1, 0.15) is 19.1 Å². The van der Waals surface area contributed by atoms with Crippen molar-refractivity contribution in [2.45, 2.75) is 25.9 Å².